The Balaban J connectivity index is 2.70. The third-order valence-electron chi connectivity index (χ3n) is 2.75. The first kappa shape index (κ1) is 14.2. The van der Waals surface area contributed by atoms with Gasteiger partial charge in [0.1, 0.15) is 0 Å². The lowest BCUT2D eigenvalue weighted by Crippen LogP contribution is -2.22. The average Bonchev–Trinajstić information content (AvgIpc) is 2.27. The van der Waals surface area contributed by atoms with Gasteiger partial charge in [-0.1, -0.05) is 35.0 Å². The highest BCUT2D eigenvalue weighted by molar-refractivity contribution is 9.10. The maximum atomic E-state index is 11.1. The van der Waals surface area contributed by atoms with Crippen LogP contribution >= 0.6 is 15.9 Å². The zero-order valence-corrected chi connectivity index (χ0v) is 11.4. The van der Waals surface area contributed by atoms with Crippen LogP contribution in [0.4, 0.5) is 0 Å². The molecule has 0 saturated heterocycles. The summed E-state index contributed by atoms with van der Waals surface area (Å²) in [6.45, 7) is 1.85. The summed E-state index contributed by atoms with van der Waals surface area (Å²) in [5.41, 5.74) is 0.968. The first-order valence-electron chi connectivity index (χ1n) is 5.68. The maximum absolute atomic E-state index is 11.1. The lowest BCUT2D eigenvalue weighted by molar-refractivity contribution is -0.142. The molecule has 0 radical (unpaired) electrons. The second kappa shape index (κ2) is 6.77. The molecule has 94 valence electrons. The van der Waals surface area contributed by atoms with Gasteiger partial charge in [0, 0.05) is 4.47 Å². The van der Waals surface area contributed by atoms with Gasteiger partial charge in [-0.15, -0.1) is 0 Å². The van der Waals surface area contributed by atoms with Crippen LogP contribution in [0.3, 0.4) is 0 Å². The molecule has 1 aromatic carbocycles. The Labute approximate surface area is 110 Å². The minimum atomic E-state index is -0.850. The summed E-state index contributed by atoms with van der Waals surface area (Å²) in [7, 11) is 0. The van der Waals surface area contributed by atoms with E-state index in [1.54, 1.807) is 0 Å². The molecule has 2 N–H and O–H groups in total. The Morgan fingerprint density at radius 3 is 2.71 bits per heavy atom. The number of carbonyl (C=O) groups is 1. The molecular formula is C13H17BrO3. The van der Waals surface area contributed by atoms with Crippen molar-refractivity contribution in [1.82, 2.24) is 0 Å². The molecule has 0 amide bonds. The summed E-state index contributed by atoms with van der Waals surface area (Å²) in [6, 6.07) is 7.60. The molecule has 2 unspecified atom stereocenters. The van der Waals surface area contributed by atoms with Crippen molar-refractivity contribution in [3.05, 3.63) is 34.3 Å². The number of rotatable bonds is 6. The van der Waals surface area contributed by atoms with Gasteiger partial charge in [0.2, 0.25) is 0 Å². The van der Waals surface area contributed by atoms with Gasteiger partial charge in [-0.3, -0.25) is 4.79 Å². The second-order valence-corrected chi connectivity index (χ2v) is 5.08. The number of aliphatic carboxylic acids is 1. The number of hydrogen-bond acceptors (Lipinski definition) is 2. The minimum absolute atomic E-state index is 0.304. The smallest absolute Gasteiger partial charge is 0.306 e. The van der Waals surface area contributed by atoms with Crippen LogP contribution in [0.2, 0.25) is 0 Å². The standard InChI is InChI=1S/C13H17BrO3/c1-2-12(15)8-10(13(16)17)6-9-4-3-5-11(14)7-9/h3-5,7,10,12,15H,2,6,8H2,1H3,(H,16,17). The summed E-state index contributed by atoms with van der Waals surface area (Å²) in [5.74, 6) is -1.38. The van der Waals surface area contributed by atoms with E-state index in [2.05, 4.69) is 15.9 Å². The van der Waals surface area contributed by atoms with Gasteiger partial charge in [-0.25, -0.2) is 0 Å². The molecule has 1 rings (SSSR count). The average molecular weight is 301 g/mol. The van der Waals surface area contributed by atoms with Crippen molar-refractivity contribution in [2.75, 3.05) is 0 Å². The molecule has 0 heterocycles. The van der Waals surface area contributed by atoms with Crippen LogP contribution < -0.4 is 0 Å². The van der Waals surface area contributed by atoms with E-state index in [0.717, 1.165) is 10.0 Å². The fourth-order valence-electron chi connectivity index (χ4n) is 1.72. The van der Waals surface area contributed by atoms with Crippen molar-refractivity contribution >= 4 is 21.9 Å². The molecule has 0 aliphatic heterocycles. The molecule has 0 aromatic heterocycles. The van der Waals surface area contributed by atoms with Crippen molar-refractivity contribution in [3.8, 4) is 0 Å². The Morgan fingerprint density at radius 2 is 2.18 bits per heavy atom. The number of carboxylic acids is 1. The first-order valence-corrected chi connectivity index (χ1v) is 6.47. The van der Waals surface area contributed by atoms with Crippen molar-refractivity contribution in [1.29, 1.82) is 0 Å². The lowest BCUT2D eigenvalue weighted by atomic mass is 9.93. The van der Waals surface area contributed by atoms with Crippen molar-refractivity contribution in [2.24, 2.45) is 5.92 Å². The molecule has 0 aliphatic rings. The molecule has 0 aliphatic carbocycles. The van der Waals surface area contributed by atoms with Gasteiger partial charge >= 0.3 is 5.97 Å². The summed E-state index contributed by atoms with van der Waals surface area (Å²) >= 11 is 3.36. The van der Waals surface area contributed by atoms with E-state index in [1.807, 2.05) is 31.2 Å². The molecule has 3 nitrogen and oxygen atoms in total. The molecule has 2 atom stereocenters. The Kier molecular flexibility index (Phi) is 5.65. The minimum Gasteiger partial charge on any atom is -0.481 e. The van der Waals surface area contributed by atoms with Gasteiger partial charge < -0.3 is 10.2 Å². The Morgan fingerprint density at radius 1 is 1.47 bits per heavy atom. The van der Waals surface area contributed by atoms with Gasteiger partial charge in [-0.2, -0.15) is 0 Å². The summed E-state index contributed by atoms with van der Waals surface area (Å²) in [6.07, 6.45) is 0.801. The highest BCUT2D eigenvalue weighted by atomic mass is 79.9. The van der Waals surface area contributed by atoms with Crippen LogP contribution in [0, 0.1) is 5.92 Å². The number of aliphatic hydroxyl groups excluding tert-OH is 1. The van der Waals surface area contributed by atoms with Gasteiger partial charge in [0.15, 0.2) is 0 Å². The summed E-state index contributed by atoms with van der Waals surface area (Å²) < 4.78 is 0.940. The number of carboxylic acid groups (broad SMARTS) is 1. The highest BCUT2D eigenvalue weighted by Crippen LogP contribution is 2.19. The molecule has 1 aromatic rings. The zero-order valence-electron chi connectivity index (χ0n) is 9.77. The molecule has 0 fully saturated rings. The van der Waals surface area contributed by atoms with Crippen LogP contribution in [0.15, 0.2) is 28.7 Å². The number of halogens is 1. The van der Waals surface area contributed by atoms with E-state index < -0.39 is 18.0 Å². The Hall–Kier alpha value is -0.870. The van der Waals surface area contributed by atoms with Crippen LogP contribution in [-0.2, 0) is 11.2 Å². The van der Waals surface area contributed by atoms with E-state index in [9.17, 15) is 9.90 Å². The number of aliphatic hydroxyl groups is 1. The largest absolute Gasteiger partial charge is 0.481 e. The van der Waals surface area contributed by atoms with Crippen LogP contribution in [0.25, 0.3) is 0 Å². The molecule has 0 saturated carbocycles. The zero-order chi connectivity index (χ0) is 12.8. The van der Waals surface area contributed by atoms with E-state index in [4.69, 9.17) is 5.11 Å². The predicted molar refractivity (Wildman–Crippen MR) is 69.9 cm³/mol. The molecular weight excluding hydrogens is 284 g/mol. The molecule has 17 heavy (non-hydrogen) atoms. The van der Waals surface area contributed by atoms with E-state index in [1.165, 1.54) is 0 Å². The SMILES string of the molecule is CCC(O)CC(Cc1cccc(Br)c1)C(=O)O. The van der Waals surface area contributed by atoms with E-state index in [-0.39, 0.29) is 0 Å². The normalized spacial score (nSPS) is 14.3. The molecule has 0 spiro atoms. The van der Waals surface area contributed by atoms with Gasteiger partial charge in [-0.05, 0) is 37.0 Å². The topological polar surface area (TPSA) is 57.5 Å². The molecule has 0 bridgehead atoms. The summed E-state index contributed by atoms with van der Waals surface area (Å²) in [5, 5.41) is 18.7. The van der Waals surface area contributed by atoms with E-state index in [0.29, 0.717) is 19.3 Å². The highest BCUT2D eigenvalue weighted by Gasteiger charge is 2.21. The molecule has 4 heteroatoms. The first-order chi connectivity index (χ1) is 8.02. The lowest BCUT2D eigenvalue weighted by Gasteiger charge is -2.15. The van der Waals surface area contributed by atoms with Gasteiger partial charge in [0.05, 0.1) is 12.0 Å². The van der Waals surface area contributed by atoms with Crippen molar-refractivity contribution in [2.45, 2.75) is 32.3 Å². The Bertz CT molecular complexity index is 379. The maximum Gasteiger partial charge on any atom is 0.306 e. The summed E-state index contributed by atoms with van der Waals surface area (Å²) in [4.78, 5) is 11.1. The predicted octanol–water partition coefficient (Wildman–Crippen LogP) is 2.85. The van der Waals surface area contributed by atoms with Crippen molar-refractivity contribution in [3.63, 3.8) is 0 Å². The quantitative estimate of drug-likeness (QED) is 0.849. The van der Waals surface area contributed by atoms with Crippen LogP contribution in [-0.4, -0.2) is 22.3 Å². The van der Waals surface area contributed by atoms with E-state index >= 15 is 0 Å². The van der Waals surface area contributed by atoms with Gasteiger partial charge in [0.25, 0.3) is 0 Å². The van der Waals surface area contributed by atoms with Crippen LogP contribution in [0.5, 0.6) is 0 Å². The second-order valence-electron chi connectivity index (χ2n) is 4.17. The van der Waals surface area contributed by atoms with Crippen molar-refractivity contribution < 1.29 is 15.0 Å². The third-order valence-corrected chi connectivity index (χ3v) is 3.24. The monoisotopic (exact) mass is 300 g/mol. The fraction of sp³-hybridized carbons (Fsp3) is 0.462. The number of benzene rings is 1. The van der Waals surface area contributed by atoms with Crippen LogP contribution in [0.1, 0.15) is 25.3 Å². The third kappa shape index (κ3) is 4.88. The number of hydrogen-bond donors (Lipinski definition) is 2. The fourth-order valence-corrected chi connectivity index (χ4v) is 2.16.